The average Bonchev–Trinajstić information content (AvgIpc) is 3.33. The molecule has 0 aliphatic carbocycles. The van der Waals surface area contributed by atoms with Crippen molar-refractivity contribution in [3.63, 3.8) is 0 Å². The van der Waals surface area contributed by atoms with E-state index in [1.165, 1.54) is 15.3 Å². The number of anilines is 1. The van der Waals surface area contributed by atoms with Crippen LogP contribution in [0, 0.1) is 0 Å². The maximum absolute atomic E-state index is 12.8. The summed E-state index contributed by atoms with van der Waals surface area (Å²) in [7, 11) is 0. The molecule has 0 saturated heterocycles. The van der Waals surface area contributed by atoms with Gasteiger partial charge in [0.15, 0.2) is 0 Å². The highest BCUT2D eigenvalue weighted by atomic mass is 32.2. The van der Waals surface area contributed by atoms with Gasteiger partial charge >= 0.3 is 0 Å². The molecular formula is C20H20N2OS3. The lowest BCUT2D eigenvalue weighted by Gasteiger charge is -2.34. The summed E-state index contributed by atoms with van der Waals surface area (Å²) in [6, 6.07) is 14.6. The number of thiophene rings is 2. The fourth-order valence-corrected chi connectivity index (χ4v) is 5.77. The number of fused-ring (bicyclic) bond motifs is 1. The van der Waals surface area contributed by atoms with Crippen molar-refractivity contribution in [1.82, 2.24) is 4.90 Å². The molecule has 0 fully saturated rings. The molecule has 3 aromatic rings. The van der Waals surface area contributed by atoms with Gasteiger partial charge in [0.05, 0.1) is 18.3 Å². The molecule has 4 rings (SSSR count). The lowest BCUT2D eigenvalue weighted by Crippen LogP contribution is -2.40. The zero-order chi connectivity index (χ0) is 17.9. The summed E-state index contributed by atoms with van der Waals surface area (Å²) in [5, 5.41) is 7.38. The first-order chi connectivity index (χ1) is 12.8. The Bertz CT molecular complexity index is 888. The maximum Gasteiger partial charge on any atom is 0.238 e. The molecule has 2 aromatic heterocycles. The quantitative estimate of drug-likeness (QED) is 0.604. The van der Waals surface area contributed by atoms with Gasteiger partial charge in [-0.25, -0.2) is 0 Å². The van der Waals surface area contributed by atoms with Crippen LogP contribution in [-0.2, 0) is 11.2 Å². The molecule has 3 heterocycles. The van der Waals surface area contributed by atoms with Crippen molar-refractivity contribution in [1.29, 1.82) is 0 Å². The van der Waals surface area contributed by atoms with Crippen LogP contribution < -0.4 is 5.32 Å². The minimum atomic E-state index is 0.0479. The van der Waals surface area contributed by atoms with Gasteiger partial charge in [0.25, 0.3) is 0 Å². The van der Waals surface area contributed by atoms with Crippen LogP contribution in [0.2, 0.25) is 0 Å². The maximum atomic E-state index is 12.8. The molecule has 1 N–H and O–H groups in total. The third kappa shape index (κ3) is 3.60. The fraction of sp³-hybridized carbons (Fsp3) is 0.250. The van der Waals surface area contributed by atoms with Crippen LogP contribution in [0.4, 0.5) is 5.69 Å². The third-order valence-electron chi connectivity index (χ3n) is 4.61. The Hall–Kier alpha value is -1.60. The highest BCUT2D eigenvalue weighted by Crippen LogP contribution is 2.39. The van der Waals surface area contributed by atoms with Crippen LogP contribution in [0.3, 0.4) is 0 Å². The molecule has 26 heavy (non-hydrogen) atoms. The second-order valence-electron chi connectivity index (χ2n) is 6.19. The zero-order valence-electron chi connectivity index (χ0n) is 14.5. The topological polar surface area (TPSA) is 32.3 Å². The Morgan fingerprint density at radius 3 is 2.88 bits per heavy atom. The van der Waals surface area contributed by atoms with Gasteiger partial charge in [-0.3, -0.25) is 9.69 Å². The number of nitrogens with zero attached hydrogens (tertiary/aromatic N) is 1. The van der Waals surface area contributed by atoms with Crippen molar-refractivity contribution in [2.45, 2.75) is 17.4 Å². The van der Waals surface area contributed by atoms with E-state index in [1.807, 2.05) is 41.9 Å². The number of hydrogen-bond acceptors (Lipinski definition) is 5. The van der Waals surface area contributed by atoms with Gasteiger partial charge in [-0.15, -0.1) is 34.4 Å². The lowest BCUT2D eigenvalue weighted by atomic mass is 9.98. The van der Waals surface area contributed by atoms with Crippen molar-refractivity contribution in [3.8, 4) is 0 Å². The summed E-state index contributed by atoms with van der Waals surface area (Å²) in [5.41, 5.74) is 2.26. The van der Waals surface area contributed by atoms with E-state index in [0.29, 0.717) is 6.54 Å². The summed E-state index contributed by atoms with van der Waals surface area (Å²) in [6.45, 7) is 1.31. The minimum Gasteiger partial charge on any atom is -0.324 e. The van der Waals surface area contributed by atoms with Crippen LogP contribution in [0.25, 0.3) is 0 Å². The number of para-hydroxylation sites is 1. The smallest absolute Gasteiger partial charge is 0.238 e. The predicted octanol–water partition coefficient (Wildman–Crippen LogP) is 5.12. The number of nitrogens with one attached hydrogen (secondary N) is 1. The van der Waals surface area contributed by atoms with E-state index in [4.69, 9.17) is 0 Å². The van der Waals surface area contributed by atoms with E-state index in [0.717, 1.165) is 23.5 Å². The van der Waals surface area contributed by atoms with Gasteiger partial charge in [0.2, 0.25) is 5.91 Å². The number of carbonyl (C=O) groups is 1. The number of benzene rings is 1. The van der Waals surface area contributed by atoms with Gasteiger partial charge in [-0.05, 0) is 53.3 Å². The average molecular weight is 401 g/mol. The van der Waals surface area contributed by atoms with Gasteiger partial charge in [-0.2, -0.15) is 0 Å². The van der Waals surface area contributed by atoms with E-state index in [1.54, 1.807) is 23.1 Å². The molecule has 0 bridgehead atoms. The third-order valence-corrected chi connectivity index (χ3v) is 7.32. The largest absolute Gasteiger partial charge is 0.324 e. The Labute approximate surface area is 166 Å². The molecule has 134 valence electrons. The molecule has 0 saturated carbocycles. The Kier molecular flexibility index (Phi) is 5.45. The molecule has 6 heteroatoms. The van der Waals surface area contributed by atoms with Crippen LogP contribution in [-0.4, -0.2) is 30.2 Å². The van der Waals surface area contributed by atoms with E-state index in [2.05, 4.69) is 39.2 Å². The molecule has 3 nitrogen and oxygen atoms in total. The fourth-order valence-electron chi connectivity index (χ4n) is 3.44. The molecule has 1 aliphatic rings. The SMILES string of the molecule is CSc1ccccc1NC(=O)CN1CCc2sccc2C1c1cccs1. The van der Waals surface area contributed by atoms with Gasteiger partial charge < -0.3 is 5.32 Å². The lowest BCUT2D eigenvalue weighted by molar-refractivity contribution is -0.117. The molecule has 1 amide bonds. The highest BCUT2D eigenvalue weighted by molar-refractivity contribution is 7.98. The van der Waals surface area contributed by atoms with Crippen LogP contribution >= 0.6 is 34.4 Å². The number of hydrogen-bond donors (Lipinski definition) is 1. The van der Waals surface area contributed by atoms with Crippen molar-refractivity contribution < 1.29 is 4.79 Å². The van der Waals surface area contributed by atoms with Crippen molar-refractivity contribution in [2.24, 2.45) is 0 Å². The van der Waals surface area contributed by atoms with Gasteiger partial charge in [0.1, 0.15) is 0 Å². The van der Waals surface area contributed by atoms with Gasteiger partial charge in [-0.1, -0.05) is 18.2 Å². The number of rotatable bonds is 5. The first-order valence-corrected chi connectivity index (χ1v) is 11.5. The second-order valence-corrected chi connectivity index (χ2v) is 9.01. The Morgan fingerprint density at radius 2 is 2.08 bits per heavy atom. The molecule has 0 radical (unpaired) electrons. The summed E-state index contributed by atoms with van der Waals surface area (Å²) in [5.74, 6) is 0.0479. The van der Waals surface area contributed by atoms with Crippen LogP contribution in [0.1, 0.15) is 21.4 Å². The zero-order valence-corrected chi connectivity index (χ0v) is 16.9. The normalized spacial score (nSPS) is 17.0. The van der Waals surface area contributed by atoms with Gasteiger partial charge in [0, 0.05) is 21.2 Å². The van der Waals surface area contributed by atoms with E-state index < -0.39 is 0 Å². The van der Waals surface area contributed by atoms with E-state index in [-0.39, 0.29) is 11.9 Å². The van der Waals surface area contributed by atoms with Crippen molar-refractivity contribution in [3.05, 3.63) is 68.5 Å². The summed E-state index contributed by atoms with van der Waals surface area (Å²) in [6.07, 6.45) is 3.05. The summed E-state index contributed by atoms with van der Waals surface area (Å²) < 4.78 is 0. The summed E-state index contributed by atoms with van der Waals surface area (Å²) in [4.78, 5) is 18.9. The first-order valence-electron chi connectivity index (χ1n) is 8.53. The molecule has 1 unspecified atom stereocenters. The molecule has 1 atom stereocenters. The Balaban J connectivity index is 1.54. The minimum absolute atomic E-state index is 0.0479. The van der Waals surface area contributed by atoms with Crippen molar-refractivity contribution in [2.75, 3.05) is 24.7 Å². The molecule has 0 spiro atoms. The molecule has 1 aromatic carbocycles. The highest BCUT2D eigenvalue weighted by Gasteiger charge is 2.31. The molecule has 1 aliphatic heterocycles. The monoisotopic (exact) mass is 400 g/mol. The van der Waals surface area contributed by atoms with Crippen molar-refractivity contribution >= 4 is 46.0 Å². The number of amides is 1. The Morgan fingerprint density at radius 1 is 1.19 bits per heavy atom. The van der Waals surface area contributed by atoms with Crippen LogP contribution in [0.5, 0.6) is 0 Å². The second kappa shape index (κ2) is 7.96. The standard InChI is InChI=1S/C20H20N2OS3/c1-24-17-6-3-2-5-15(17)21-19(23)13-22-10-8-16-14(9-12-26-16)20(22)18-7-4-11-25-18/h2-7,9,11-12,20H,8,10,13H2,1H3,(H,21,23). The summed E-state index contributed by atoms with van der Waals surface area (Å²) >= 11 is 5.24. The number of carbonyl (C=O) groups excluding carboxylic acids is 1. The van der Waals surface area contributed by atoms with Crippen LogP contribution in [0.15, 0.2) is 58.1 Å². The predicted molar refractivity (Wildman–Crippen MR) is 113 cm³/mol. The van der Waals surface area contributed by atoms with E-state index >= 15 is 0 Å². The molecular weight excluding hydrogens is 380 g/mol. The van der Waals surface area contributed by atoms with E-state index in [9.17, 15) is 4.79 Å². The number of thioether (sulfide) groups is 1. The first kappa shape index (κ1) is 17.8.